The van der Waals surface area contributed by atoms with Gasteiger partial charge < -0.3 is 10.2 Å². The normalized spacial score (nSPS) is 21.9. The first-order valence-electron chi connectivity index (χ1n) is 7.81. The fourth-order valence-electron chi connectivity index (χ4n) is 2.93. The van der Waals surface area contributed by atoms with Crippen molar-refractivity contribution in [2.75, 3.05) is 13.6 Å². The molecule has 1 aliphatic carbocycles. The van der Waals surface area contributed by atoms with E-state index >= 15 is 0 Å². The lowest BCUT2D eigenvalue weighted by Crippen LogP contribution is -2.45. The number of carbonyl (C=O) groups is 1. The molecule has 1 N–H and O–H groups in total. The molecule has 2 rings (SSSR count). The van der Waals surface area contributed by atoms with Crippen molar-refractivity contribution >= 4 is 17.6 Å². The number of benzene rings is 1. The van der Waals surface area contributed by atoms with E-state index in [1.165, 1.54) is 12.8 Å². The average Bonchev–Trinajstić information content (AvgIpc) is 2.47. The number of amides is 2. The number of halogens is 1. The van der Waals surface area contributed by atoms with Gasteiger partial charge in [-0.05, 0) is 55.7 Å². The minimum Gasteiger partial charge on any atom is -0.338 e. The third-order valence-corrected chi connectivity index (χ3v) is 4.67. The summed E-state index contributed by atoms with van der Waals surface area (Å²) in [5.41, 5.74) is 1.15. The van der Waals surface area contributed by atoms with Crippen LogP contribution in [0.15, 0.2) is 24.3 Å². The van der Waals surface area contributed by atoms with Crippen molar-refractivity contribution in [3.63, 3.8) is 0 Å². The summed E-state index contributed by atoms with van der Waals surface area (Å²) in [6.07, 6.45) is 5.51. The molecule has 0 bridgehead atoms. The highest BCUT2D eigenvalue weighted by molar-refractivity contribution is 6.30. The summed E-state index contributed by atoms with van der Waals surface area (Å²) in [5.74, 6) is 0.806. The van der Waals surface area contributed by atoms with Crippen molar-refractivity contribution in [3.8, 4) is 0 Å². The Morgan fingerprint density at radius 3 is 2.71 bits per heavy atom. The molecule has 0 aliphatic heterocycles. The van der Waals surface area contributed by atoms with Gasteiger partial charge in [0.25, 0.3) is 0 Å². The van der Waals surface area contributed by atoms with Crippen LogP contribution in [0, 0.1) is 5.92 Å². The second-order valence-electron chi connectivity index (χ2n) is 6.14. The van der Waals surface area contributed by atoms with E-state index in [-0.39, 0.29) is 6.03 Å². The van der Waals surface area contributed by atoms with E-state index in [1.54, 1.807) is 0 Å². The molecule has 1 aromatic rings. The first kappa shape index (κ1) is 16.2. The molecule has 0 spiro atoms. The molecule has 0 aromatic heterocycles. The monoisotopic (exact) mass is 308 g/mol. The van der Waals surface area contributed by atoms with Crippen LogP contribution in [0.5, 0.6) is 0 Å². The Balaban J connectivity index is 1.74. The van der Waals surface area contributed by atoms with Gasteiger partial charge in [0.05, 0.1) is 0 Å². The van der Waals surface area contributed by atoms with Gasteiger partial charge in [0, 0.05) is 24.7 Å². The molecule has 116 valence electrons. The van der Waals surface area contributed by atoms with E-state index in [0.29, 0.717) is 12.6 Å². The fourth-order valence-corrected chi connectivity index (χ4v) is 3.14. The van der Waals surface area contributed by atoms with Gasteiger partial charge in [-0.25, -0.2) is 4.79 Å². The van der Waals surface area contributed by atoms with Gasteiger partial charge in [-0.1, -0.05) is 30.7 Å². The highest BCUT2D eigenvalue weighted by Crippen LogP contribution is 2.26. The molecule has 0 unspecified atom stereocenters. The number of nitrogens with zero attached hydrogens (tertiary/aromatic N) is 1. The molecular weight excluding hydrogens is 284 g/mol. The van der Waals surface area contributed by atoms with Gasteiger partial charge in [0.1, 0.15) is 0 Å². The Morgan fingerprint density at radius 2 is 2.05 bits per heavy atom. The summed E-state index contributed by atoms with van der Waals surface area (Å²) in [5, 5.41) is 3.75. The topological polar surface area (TPSA) is 32.3 Å². The van der Waals surface area contributed by atoms with E-state index in [4.69, 9.17) is 11.6 Å². The Bertz CT molecular complexity index is 470. The summed E-state index contributed by atoms with van der Waals surface area (Å²) in [7, 11) is 1.91. The van der Waals surface area contributed by atoms with E-state index in [2.05, 4.69) is 12.2 Å². The summed E-state index contributed by atoms with van der Waals surface area (Å²) in [6.45, 7) is 2.94. The van der Waals surface area contributed by atoms with Crippen molar-refractivity contribution < 1.29 is 4.79 Å². The number of hydrogen-bond donors (Lipinski definition) is 1. The predicted octanol–water partition coefficient (Wildman–Crippen LogP) is 4.10. The zero-order valence-corrected chi connectivity index (χ0v) is 13.7. The van der Waals surface area contributed by atoms with Crippen molar-refractivity contribution in [2.45, 2.75) is 45.1 Å². The van der Waals surface area contributed by atoms with E-state index in [0.717, 1.165) is 35.8 Å². The molecule has 0 saturated heterocycles. The Labute approximate surface area is 132 Å². The molecule has 2 amide bonds. The molecular formula is C17H25ClN2O. The van der Waals surface area contributed by atoms with Gasteiger partial charge in [0.2, 0.25) is 0 Å². The lowest BCUT2D eigenvalue weighted by molar-refractivity contribution is 0.164. The van der Waals surface area contributed by atoms with Gasteiger partial charge >= 0.3 is 6.03 Å². The van der Waals surface area contributed by atoms with Crippen LogP contribution < -0.4 is 5.32 Å². The van der Waals surface area contributed by atoms with Gasteiger partial charge in [-0.3, -0.25) is 0 Å². The van der Waals surface area contributed by atoms with Crippen LogP contribution in [0.2, 0.25) is 5.02 Å². The van der Waals surface area contributed by atoms with E-state index < -0.39 is 0 Å². The zero-order valence-electron chi connectivity index (χ0n) is 12.9. The van der Waals surface area contributed by atoms with E-state index in [1.807, 2.05) is 36.2 Å². The average molecular weight is 309 g/mol. The highest BCUT2D eigenvalue weighted by Gasteiger charge is 2.24. The minimum absolute atomic E-state index is 0.0385. The fraction of sp³-hybridized carbons (Fsp3) is 0.588. The first-order chi connectivity index (χ1) is 10.1. The largest absolute Gasteiger partial charge is 0.338 e. The molecule has 1 aliphatic rings. The minimum atomic E-state index is 0.0385. The van der Waals surface area contributed by atoms with Crippen LogP contribution in [0.1, 0.15) is 38.2 Å². The molecule has 0 atom stereocenters. The number of rotatable bonds is 4. The molecule has 1 fully saturated rings. The van der Waals surface area contributed by atoms with Crippen molar-refractivity contribution in [3.05, 3.63) is 34.9 Å². The molecule has 1 aromatic carbocycles. The van der Waals surface area contributed by atoms with Crippen LogP contribution in [-0.4, -0.2) is 30.6 Å². The second kappa shape index (κ2) is 7.69. The van der Waals surface area contributed by atoms with Crippen LogP contribution in [0.4, 0.5) is 4.79 Å². The molecule has 0 radical (unpaired) electrons. The number of nitrogens with one attached hydrogen (secondary N) is 1. The lowest BCUT2D eigenvalue weighted by Gasteiger charge is -2.33. The standard InChI is InChI=1S/C17H25ClN2O/c1-13-6-8-16(9-7-13)20(2)17(21)19-11-10-14-4-3-5-15(18)12-14/h3-5,12-13,16H,6-11H2,1-2H3,(H,19,21). The highest BCUT2D eigenvalue weighted by atomic mass is 35.5. The number of urea groups is 1. The maximum Gasteiger partial charge on any atom is 0.317 e. The van der Waals surface area contributed by atoms with Crippen molar-refractivity contribution in [1.82, 2.24) is 10.2 Å². The first-order valence-corrected chi connectivity index (χ1v) is 8.19. The third kappa shape index (κ3) is 4.92. The van der Waals surface area contributed by atoms with Crippen molar-refractivity contribution in [2.24, 2.45) is 5.92 Å². The van der Waals surface area contributed by atoms with Crippen LogP contribution >= 0.6 is 11.6 Å². The van der Waals surface area contributed by atoms with Crippen LogP contribution in [-0.2, 0) is 6.42 Å². The molecule has 21 heavy (non-hydrogen) atoms. The molecule has 1 saturated carbocycles. The lowest BCUT2D eigenvalue weighted by atomic mass is 9.87. The zero-order chi connectivity index (χ0) is 15.2. The second-order valence-corrected chi connectivity index (χ2v) is 6.57. The van der Waals surface area contributed by atoms with Crippen molar-refractivity contribution in [1.29, 1.82) is 0 Å². The molecule has 4 heteroatoms. The predicted molar refractivity (Wildman–Crippen MR) is 87.7 cm³/mol. The third-order valence-electron chi connectivity index (χ3n) is 4.43. The summed E-state index contributed by atoms with van der Waals surface area (Å²) in [4.78, 5) is 14.0. The van der Waals surface area contributed by atoms with Gasteiger partial charge in [0.15, 0.2) is 0 Å². The van der Waals surface area contributed by atoms with E-state index in [9.17, 15) is 4.79 Å². The SMILES string of the molecule is CC1CCC(N(C)C(=O)NCCc2cccc(Cl)c2)CC1. The quantitative estimate of drug-likeness (QED) is 0.892. The molecule has 3 nitrogen and oxygen atoms in total. The number of carbonyl (C=O) groups excluding carboxylic acids is 1. The van der Waals surface area contributed by atoms with Gasteiger partial charge in [-0.2, -0.15) is 0 Å². The molecule has 0 heterocycles. The summed E-state index contributed by atoms with van der Waals surface area (Å²) >= 11 is 5.95. The number of hydrogen-bond acceptors (Lipinski definition) is 1. The van der Waals surface area contributed by atoms with Crippen LogP contribution in [0.25, 0.3) is 0 Å². The smallest absolute Gasteiger partial charge is 0.317 e. The van der Waals surface area contributed by atoms with Crippen LogP contribution in [0.3, 0.4) is 0 Å². The Hall–Kier alpha value is -1.22. The summed E-state index contributed by atoms with van der Waals surface area (Å²) in [6, 6.07) is 8.21. The Kier molecular flexibility index (Phi) is 5.92. The Morgan fingerprint density at radius 1 is 1.33 bits per heavy atom. The summed E-state index contributed by atoms with van der Waals surface area (Å²) < 4.78 is 0. The van der Waals surface area contributed by atoms with Gasteiger partial charge in [-0.15, -0.1) is 0 Å². The maximum atomic E-state index is 12.2. The maximum absolute atomic E-state index is 12.2.